The predicted molar refractivity (Wildman–Crippen MR) is 72.9 cm³/mol. The van der Waals surface area contributed by atoms with Gasteiger partial charge >= 0.3 is 5.97 Å². The number of carbonyl (C=O) groups is 2. The van der Waals surface area contributed by atoms with Crippen LogP contribution < -0.4 is 5.32 Å². The maximum Gasteiger partial charge on any atom is 0.326 e. The summed E-state index contributed by atoms with van der Waals surface area (Å²) in [5.74, 6) is 1.11. The molecule has 1 aliphatic carbocycles. The van der Waals surface area contributed by atoms with E-state index in [0.29, 0.717) is 12.3 Å². The molecule has 0 radical (unpaired) electrons. The first-order chi connectivity index (χ1) is 9.18. The molecule has 3 fully saturated rings. The van der Waals surface area contributed by atoms with Crippen LogP contribution in [0.1, 0.15) is 32.1 Å². The zero-order valence-corrected chi connectivity index (χ0v) is 11.7. The fourth-order valence-corrected chi connectivity index (χ4v) is 4.66. The van der Waals surface area contributed by atoms with Crippen molar-refractivity contribution in [2.45, 2.75) is 50.2 Å². The van der Waals surface area contributed by atoms with Gasteiger partial charge in [-0.15, -0.1) is 11.8 Å². The predicted octanol–water partition coefficient (Wildman–Crippen LogP) is 0.893. The van der Waals surface area contributed by atoms with Gasteiger partial charge in [0.15, 0.2) is 0 Å². The molecule has 0 aromatic rings. The number of carboxylic acid groups (broad SMARTS) is 1. The van der Waals surface area contributed by atoms with Gasteiger partial charge in [0, 0.05) is 17.7 Å². The minimum atomic E-state index is -0.839. The minimum Gasteiger partial charge on any atom is -0.480 e. The first-order valence-electron chi connectivity index (χ1n) is 7.04. The Morgan fingerprint density at radius 1 is 1.26 bits per heavy atom. The van der Waals surface area contributed by atoms with E-state index in [-0.39, 0.29) is 18.0 Å². The molecule has 1 amide bonds. The van der Waals surface area contributed by atoms with Crippen LogP contribution >= 0.6 is 11.8 Å². The van der Waals surface area contributed by atoms with Gasteiger partial charge < -0.3 is 10.0 Å². The lowest BCUT2D eigenvalue weighted by atomic mass is 9.84. The van der Waals surface area contributed by atoms with E-state index in [1.807, 2.05) is 0 Å². The molecule has 0 spiro atoms. The average Bonchev–Trinajstić information content (AvgIpc) is 3.05. The highest BCUT2D eigenvalue weighted by Crippen LogP contribution is 2.40. The van der Waals surface area contributed by atoms with Crippen molar-refractivity contribution in [3.63, 3.8) is 0 Å². The van der Waals surface area contributed by atoms with E-state index in [1.165, 1.54) is 6.42 Å². The van der Waals surface area contributed by atoms with Crippen LogP contribution in [-0.2, 0) is 9.59 Å². The third-order valence-electron chi connectivity index (χ3n) is 4.64. The number of aliphatic carboxylic acids is 1. The lowest BCUT2D eigenvalue weighted by molar-refractivity contribution is -0.150. The van der Waals surface area contributed by atoms with Gasteiger partial charge in [-0.1, -0.05) is 12.8 Å². The quantitative estimate of drug-likeness (QED) is 0.788. The van der Waals surface area contributed by atoms with Crippen LogP contribution in [0.25, 0.3) is 0 Å². The lowest BCUT2D eigenvalue weighted by Crippen LogP contribution is -2.53. The summed E-state index contributed by atoms with van der Waals surface area (Å²) in [6.07, 6.45) is 4.98. The summed E-state index contributed by atoms with van der Waals surface area (Å²) in [6.45, 7) is 0. The van der Waals surface area contributed by atoms with Crippen LogP contribution in [0.5, 0.6) is 0 Å². The van der Waals surface area contributed by atoms with E-state index in [4.69, 9.17) is 0 Å². The van der Waals surface area contributed by atoms with Crippen molar-refractivity contribution >= 4 is 23.6 Å². The molecule has 3 aliphatic rings. The Morgan fingerprint density at radius 2 is 2.05 bits per heavy atom. The molecule has 0 aromatic carbocycles. The van der Waals surface area contributed by atoms with Crippen LogP contribution in [0, 0.1) is 5.92 Å². The first-order valence-corrected chi connectivity index (χ1v) is 8.20. The normalized spacial score (nSPS) is 38.2. The Labute approximate surface area is 117 Å². The van der Waals surface area contributed by atoms with E-state index in [9.17, 15) is 14.7 Å². The molecule has 0 aromatic heterocycles. The van der Waals surface area contributed by atoms with Crippen molar-refractivity contribution in [2.24, 2.45) is 5.92 Å². The average molecular weight is 284 g/mol. The van der Waals surface area contributed by atoms with Crippen LogP contribution in [0.4, 0.5) is 0 Å². The molecule has 6 heteroatoms. The fourth-order valence-electron chi connectivity index (χ4n) is 3.73. The molecule has 0 bridgehead atoms. The fraction of sp³-hybridized carbons (Fsp3) is 0.846. The van der Waals surface area contributed by atoms with Gasteiger partial charge in [0.2, 0.25) is 5.91 Å². The molecule has 106 valence electrons. The molecule has 2 N–H and O–H groups in total. The van der Waals surface area contributed by atoms with Crippen molar-refractivity contribution < 1.29 is 14.7 Å². The number of rotatable bonds is 2. The number of likely N-dealkylation sites (tertiary alicyclic amines) is 1. The van der Waals surface area contributed by atoms with Gasteiger partial charge in [0.25, 0.3) is 0 Å². The molecule has 2 saturated heterocycles. The number of thioether (sulfide) groups is 1. The number of nitrogens with one attached hydrogen (secondary N) is 1. The lowest BCUT2D eigenvalue weighted by Gasteiger charge is -2.34. The number of carboxylic acids is 1. The Hall–Kier alpha value is -0.750. The molecular formula is C13H20N2O3S. The number of nitrogens with zero attached hydrogens (tertiary/aromatic N) is 1. The van der Waals surface area contributed by atoms with E-state index in [1.54, 1.807) is 16.7 Å². The summed E-state index contributed by atoms with van der Waals surface area (Å²) in [4.78, 5) is 25.8. The summed E-state index contributed by atoms with van der Waals surface area (Å²) in [7, 11) is 0. The van der Waals surface area contributed by atoms with Gasteiger partial charge in [-0.05, 0) is 25.2 Å². The number of fused-ring (bicyclic) bond motifs is 1. The highest BCUT2D eigenvalue weighted by molar-refractivity contribution is 7.99. The molecule has 5 nitrogen and oxygen atoms in total. The highest BCUT2D eigenvalue weighted by Gasteiger charge is 2.49. The molecule has 3 rings (SSSR count). The Kier molecular flexibility index (Phi) is 3.71. The summed E-state index contributed by atoms with van der Waals surface area (Å²) in [6, 6.07) is -0.629. The molecule has 4 unspecified atom stereocenters. The number of hydrogen-bond acceptors (Lipinski definition) is 4. The number of amides is 1. The second kappa shape index (κ2) is 5.32. The largest absolute Gasteiger partial charge is 0.480 e. The maximum absolute atomic E-state index is 12.6. The minimum absolute atomic E-state index is 0.00630. The van der Waals surface area contributed by atoms with Crippen molar-refractivity contribution in [3.05, 3.63) is 0 Å². The third kappa shape index (κ3) is 2.36. The van der Waals surface area contributed by atoms with Gasteiger partial charge in [-0.3, -0.25) is 10.1 Å². The number of hydrogen-bond donors (Lipinski definition) is 2. The third-order valence-corrected chi connectivity index (χ3v) is 5.58. The second-order valence-corrected chi connectivity index (χ2v) is 6.75. The Bertz CT molecular complexity index is 384. The second-order valence-electron chi connectivity index (χ2n) is 5.72. The molecule has 1 saturated carbocycles. The van der Waals surface area contributed by atoms with Crippen molar-refractivity contribution in [1.82, 2.24) is 10.2 Å². The SMILES string of the molecule is O=C(O)C1CC2CCCCC2N1C(=O)C1CSCN1. The zero-order valence-electron chi connectivity index (χ0n) is 10.9. The molecule has 19 heavy (non-hydrogen) atoms. The van der Waals surface area contributed by atoms with Crippen LogP contribution in [0.3, 0.4) is 0 Å². The summed E-state index contributed by atoms with van der Waals surface area (Å²) >= 11 is 1.70. The summed E-state index contributed by atoms with van der Waals surface area (Å²) in [5, 5.41) is 12.6. The summed E-state index contributed by atoms with van der Waals surface area (Å²) in [5.41, 5.74) is 0. The van der Waals surface area contributed by atoms with Gasteiger partial charge in [0.05, 0.1) is 6.04 Å². The molecule has 2 heterocycles. The van der Waals surface area contributed by atoms with Crippen molar-refractivity contribution in [3.8, 4) is 0 Å². The smallest absolute Gasteiger partial charge is 0.326 e. The molecular weight excluding hydrogens is 264 g/mol. The van der Waals surface area contributed by atoms with Gasteiger partial charge in [-0.25, -0.2) is 4.79 Å². The first kappa shape index (κ1) is 13.2. The van der Waals surface area contributed by atoms with Crippen LogP contribution in [0.2, 0.25) is 0 Å². The van der Waals surface area contributed by atoms with Crippen molar-refractivity contribution in [1.29, 1.82) is 0 Å². The standard InChI is InChI=1S/C13H20N2O3S/c16-12(9-6-19-7-14-9)15-10-4-2-1-3-8(10)5-11(15)13(17)18/h8-11,14H,1-7H2,(H,17,18). The van der Waals surface area contributed by atoms with Gasteiger partial charge in [0.1, 0.15) is 6.04 Å². The Morgan fingerprint density at radius 3 is 2.74 bits per heavy atom. The van der Waals surface area contributed by atoms with E-state index in [0.717, 1.165) is 30.9 Å². The Balaban J connectivity index is 1.81. The highest BCUT2D eigenvalue weighted by atomic mass is 32.2. The van der Waals surface area contributed by atoms with Crippen LogP contribution in [0.15, 0.2) is 0 Å². The van der Waals surface area contributed by atoms with Gasteiger partial charge in [-0.2, -0.15) is 0 Å². The van der Waals surface area contributed by atoms with E-state index in [2.05, 4.69) is 5.32 Å². The van der Waals surface area contributed by atoms with Crippen molar-refractivity contribution in [2.75, 3.05) is 11.6 Å². The summed E-state index contributed by atoms with van der Waals surface area (Å²) < 4.78 is 0. The van der Waals surface area contributed by atoms with Crippen LogP contribution in [-0.4, -0.2) is 51.6 Å². The number of carbonyl (C=O) groups excluding carboxylic acids is 1. The van der Waals surface area contributed by atoms with E-state index >= 15 is 0 Å². The monoisotopic (exact) mass is 284 g/mol. The maximum atomic E-state index is 12.6. The molecule has 4 atom stereocenters. The zero-order chi connectivity index (χ0) is 13.4. The topological polar surface area (TPSA) is 69.6 Å². The van der Waals surface area contributed by atoms with E-state index < -0.39 is 12.0 Å². The molecule has 2 aliphatic heterocycles.